The van der Waals surface area contributed by atoms with Gasteiger partial charge in [0.05, 0.1) is 12.7 Å². The molecule has 0 aliphatic rings. The van der Waals surface area contributed by atoms with E-state index in [0.29, 0.717) is 5.56 Å². The fourth-order valence-corrected chi connectivity index (χ4v) is 1.28. The fraction of sp³-hybridized carbons (Fsp3) is 0.125. The summed E-state index contributed by atoms with van der Waals surface area (Å²) in [4.78, 5) is 10.9. The lowest BCUT2D eigenvalue weighted by Crippen LogP contribution is -2.00. The maximum atomic E-state index is 10.9. The van der Waals surface area contributed by atoms with Gasteiger partial charge in [-0.05, 0) is 40.8 Å². The van der Waals surface area contributed by atoms with Crippen LogP contribution in [0.15, 0.2) is 24.3 Å². The maximum absolute atomic E-state index is 10.9. The van der Waals surface area contributed by atoms with Crippen molar-refractivity contribution < 1.29 is 9.53 Å². The third-order valence-corrected chi connectivity index (χ3v) is 1.92. The summed E-state index contributed by atoms with van der Waals surface area (Å²) in [5, 5.41) is 0. The van der Waals surface area contributed by atoms with E-state index in [-0.39, 0.29) is 5.97 Å². The van der Waals surface area contributed by atoms with Gasteiger partial charge in [0, 0.05) is 3.57 Å². The van der Waals surface area contributed by atoms with E-state index in [2.05, 4.69) is 27.3 Å². The highest BCUT2D eigenvalue weighted by atomic mass is 131. The normalized spacial score (nSPS) is 9.27. The number of methoxy groups -OCH3 is 1. The van der Waals surface area contributed by atoms with E-state index < -0.39 is 0 Å². The Morgan fingerprint density at radius 3 is 2.82 bits per heavy atom. The van der Waals surface area contributed by atoms with E-state index in [4.69, 9.17) is 0 Å². The predicted octanol–water partition coefficient (Wildman–Crippen LogP) is 2.08. The molecule has 0 fully saturated rings. The van der Waals surface area contributed by atoms with Gasteiger partial charge >= 0.3 is 5.97 Å². The molecule has 0 atom stereocenters. The van der Waals surface area contributed by atoms with Crippen LogP contribution in [0.2, 0.25) is 0 Å². The van der Waals surface area contributed by atoms with Crippen molar-refractivity contribution in [2.24, 2.45) is 0 Å². The Morgan fingerprint density at radius 1 is 1.55 bits per heavy atom. The van der Waals surface area contributed by atoms with Crippen LogP contribution in [0.4, 0.5) is 0 Å². The first kappa shape index (κ1) is 8.52. The van der Waals surface area contributed by atoms with Gasteiger partial charge in [-0.2, -0.15) is 0 Å². The lowest BCUT2D eigenvalue weighted by Gasteiger charge is -1.97. The minimum Gasteiger partial charge on any atom is -0.465 e. The second kappa shape index (κ2) is 3.71. The number of carbonyl (C=O) groups excluding carboxylic acids is 1. The van der Waals surface area contributed by atoms with Gasteiger partial charge in [-0.25, -0.2) is 4.79 Å². The SMILES string of the molecule is COC(=O)c1cccc([131I])c1. The summed E-state index contributed by atoms with van der Waals surface area (Å²) in [7, 11) is 1.38. The minimum absolute atomic E-state index is 0.288. The minimum atomic E-state index is -0.288. The van der Waals surface area contributed by atoms with Crippen LogP contribution in [0.1, 0.15) is 10.4 Å². The number of ether oxygens (including phenoxy) is 1. The van der Waals surface area contributed by atoms with Crippen molar-refractivity contribution in [3.8, 4) is 0 Å². The Balaban J connectivity index is 2.96. The van der Waals surface area contributed by atoms with E-state index in [9.17, 15) is 4.79 Å². The number of halogens is 1. The Kier molecular flexibility index (Phi) is 2.87. The van der Waals surface area contributed by atoms with Gasteiger partial charge in [0.25, 0.3) is 0 Å². The van der Waals surface area contributed by atoms with Crippen LogP contribution in [0.5, 0.6) is 0 Å². The van der Waals surface area contributed by atoms with E-state index >= 15 is 0 Å². The van der Waals surface area contributed by atoms with Crippen LogP contribution in [0.3, 0.4) is 0 Å². The van der Waals surface area contributed by atoms with Gasteiger partial charge in [-0.1, -0.05) is 6.07 Å². The summed E-state index contributed by atoms with van der Waals surface area (Å²) >= 11 is 2.15. The molecule has 0 bridgehead atoms. The van der Waals surface area contributed by atoms with Crippen molar-refractivity contribution in [1.29, 1.82) is 0 Å². The second-order valence-corrected chi connectivity index (χ2v) is 3.25. The van der Waals surface area contributed by atoms with E-state index in [0.717, 1.165) is 3.57 Å². The van der Waals surface area contributed by atoms with E-state index in [1.54, 1.807) is 12.1 Å². The Bertz CT molecular complexity index is 271. The number of esters is 1. The predicted molar refractivity (Wildman–Crippen MR) is 50.5 cm³/mol. The summed E-state index contributed by atoms with van der Waals surface area (Å²) in [6, 6.07) is 7.27. The number of carbonyl (C=O) groups is 1. The van der Waals surface area contributed by atoms with Crippen molar-refractivity contribution in [1.82, 2.24) is 0 Å². The first-order valence-corrected chi connectivity index (χ1v) is 4.16. The van der Waals surface area contributed by atoms with Crippen molar-refractivity contribution in [2.75, 3.05) is 7.11 Å². The topological polar surface area (TPSA) is 26.3 Å². The first-order valence-electron chi connectivity index (χ1n) is 3.08. The molecule has 0 spiro atoms. The van der Waals surface area contributed by atoms with Crippen LogP contribution in [0.25, 0.3) is 0 Å². The molecule has 2 nitrogen and oxygen atoms in total. The smallest absolute Gasteiger partial charge is 0.337 e. The van der Waals surface area contributed by atoms with E-state index in [1.165, 1.54) is 7.11 Å². The molecule has 3 heteroatoms. The highest BCUT2D eigenvalue weighted by Gasteiger charge is 2.03. The lowest BCUT2D eigenvalue weighted by molar-refractivity contribution is 0.0600. The Morgan fingerprint density at radius 2 is 2.27 bits per heavy atom. The van der Waals surface area contributed by atoms with Crippen LogP contribution in [-0.4, -0.2) is 13.1 Å². The number of hydrogen-bond donors (Lipinski definition) is 0. The average molecular weight is 266 g/mol. The third-order valence-electron chi connectivity index (χ3n) is 1.25. The highest BCUT2D eigenvalue weighted by Crippen LogP contribution is 2.08. The van der Waals surface area contributed by atoms with Crippen LogP contribution in [-0.2, 0) is 4.74 Å². The molecule has 0 saturated heterocycles. The maximum Gasteiger partial charge on any atom is 0.337 e. The second-order valence-electron chi connectivity index (χ2n) is 2.00. The van der Waals surface area contributed by atoms with E-state index in [1.807, 2.05) is 12.1 Å². The van der Waals surface area contributed by atoms with Crippen molar-refractivity contribution >= 4 is 28.6 Å². The van der Waals surface area contributed by atoms with Crippen LogP contribution >= 0.6 is 22.6 Å². The average Bonchev–Trinajstić information content (AvgIpc) is 2.03. The highest BCUT2D eigenvalue weighted by molar-refractivity contribution is 14.1. The largest absolute Gasteiger partial charge is 0.465 e. The summed E-state index contributed by atoms with van der Waals surface area (Å²) < 4.78 is 5.58. The lowest BCUT2D eigenvalue weighted by atomic mass is 10.2. The zero-order chi connectivity index (χ0) is 8.27. The molecule has 0 aliphatic carbocycles. The quantitative estimate of drug-likeness (QED) is 0.574. The van der Waals surface area contributed by atoms with Gasteiger partial charge in [-0.15, -0.1) is 0 Å². The molecular weight excluding hydrogens is 259 g/mol. The van der Waals surface area contributed by atoms with Gasteiger partial charge in [-0.3, -0.25) is 0 Å². The molecule has 0 aromatic heterocycles. The molecule has 0 aliphatic heterocycles. The molecule has 11 heavy (non-hydrogen) atoms. The summed E-state index contributed by atoms with van der Waals surface area (Å²) in [5.41, 5.74) is 0.597. The number of rotatable bonds is 1. The zero-order valence-electron chi connectivity index (χ0n) is 6.00. The summed E-state index contributed by atoms with van der Waals surface area (Å²) in [6.45, 7) is 0. The fourth-order valence-electron chi connectivity index (χ4n) is 0.733. The monoisotopic (exact) mass is 266 g/mol. The molecule has 0 N–H and O–H groups in total. The zero-order valence-corrected chi connectivity index (χ0v) is 8.16. The molecule has 0 unspecified atom stereocenters. The number of benzene rings is 1. The molecular formula is C8H7IO2. The van der Waals surface area contributed by atoms with Crippen molar-refractivity contribution in [3.63, 3.8) is 0 Å². The molecule has 58 valence electrons. The molecule has 0 saturated carbocycles. The standard InChI is InChI=1S/C8H7IO2/c1-11-8(10)6-3-2-4-7(9)5-6/h2-5H,1H3/i9+4. The van der Waals surface area contributed by atoms with Crippen LogP contribution in [0, 0.1) is 3.57 Å². The molecule has 0 heterocycles. The Hall–Kier alpha value is -0.580. The van der Waals surface area contributed by atoms with Crippen LogP contribution < -0.4 is 0 Å². The van der Waals surface area contributed by atoms with Gasteiger partial charge in [0.2, 0.25) is 0 Å². The molecule has 1 aromatic rings. The summed E-state index contributed by atoms with van der Waals surface area (Å²) in [5.74, 6) is -0.288. The summed E-state index contributed by atoms with van der Waals surface area (Å²) in [6.07, 6.45) is 0. The van der Waals surface area contributed by atoms with Crippen molar-refractivity contribution in [2.45, 2.75) is 0 Å². The first-order chi connectivity index (χ1) is 5.24. The Labute approximate surface area is 78.7 Å². The molecule has 1 aromatic carbocycles. The van der Waals surface area contributed by atoms with Gasteiger partial charge in [0.15, 0.2) is 0 Å². The van der Waals surface area contributed by atoms with Gasteiger partial charge in [0.1, 0.15) is 0 Å². The van der Waals surface area contributed by atoms with Gasteiger partial charge < -0.3 is 4.74 Å². The molecule has 1 rings (SSSR count). The van der Waals surface area contributed by atoms with Crippen molar-refractivity contribution in [3.05, 3.63) is 33.4 Å². The third kappa shape index (κ3) is 2.18. The molecule has 0 radical (unpaired) electrons. The number of hydrogen-bond acceptors (Lipinski definition) is 2. The molecule has 0 amide bonds.